The van der Waals surface area contributed by atoms with Gasteiger partial charge in [-0.05, 0) is 67.8 Å². The van der Waals surface area contributed by atoms with Crippen molar-refractivity contribution in [2.75, 3.05) is 13.2 Å². The molecule has 1 fully saturated rings. The van der Waals surface area contributed by atoms with Gasteiger partial charge in [-0.1, -0.05) is 146 Å². The highest BCUT2D eigenvalue weighted by Crippen LogP contribution is 2.70. The van der Waals surface area contributed by atoms with Crippen LogP contribution >= 0.6 is 0 Å². The van der Waals surface area contributed by atoms with Gasteiger partial charge in [0.05, 0.1) is 13.2 Å². The number of aliphatic hydroxyl groups excluding tert-OH is 2. The van der Waals surface area contributed by atoms with Crippen molar-refractivity contribution < 1.29 is 10.2 Å². The van der Waals surface area contributed by atoms with Crippen LogP contribution in [-0.2, 0) is 0 Å². The topological polar surface area (TPSA) is 40.5 Å². The predicted octanol–water partition coefficient (Wildman–Crippen LogP) is 9.21. The second-order valence-electron chi connectivity index (χ2n) is 11.7. The predicted molar refractivity (Wildman–Crippen MR) is 177 cm³/mol. The lowest BCUT2D eigenvalue weighted by atomic mass is 9.91. The van der Waals surface area contributed by atoms with Crippen molar-refractivity contribution in [1.29, 1.82) is 0 Å². The van der Waals surface area contributed by atoms with Gasteiger partial charge >= 0.3 is 0 Å². The van der Waals surface area contributed by atoms with Crippen molar-refractivity contribution in [1.82, 2.24) is 0 Å². The van der Waals surface area contributed by atoms with Gasteiger partial charge in [-0.2, -0.15) is 0 Å². The average molecular weight is 559 g/mol. The Kier molecular flexibility index (Phi) is 7.24. The summed E-state index contributed by atoms with van der Waals surface area (Å²) in [6, 6.07) is 55.3. The summed E-state index contributed by atoms with van der Waals surface area (Å²) >= 11 is 0. The third-order valence-electron chi connectivity index (χ3n) is 9.11. The number of benzene rings is 6. The largest absolute Gasteiger partial charge is 0.396 e. The van der Waals surface area contributed by atoms with Crippen LogP contribution in [0.3, 0.4) is 0 Å². The molecule has 2 heteroatoms. The standard InChI is InChI=1S/C41H34O2/c42-27-41(28-43)39(37-23-33(29-13-5-1-6-14-29)21-34(24-37)30-15-7-2-8-16-30)40(41)38-25-35(31-17-9-3-10-18-31)22-36(26-38)32-19-11-4-12-20-32/h1-26,39-40,42-43H,27-28H2. The molecule has 0 bridgehead atoms. The number of rotatable bonds is 8. The third-order valence-corrected chi connectivity index (χ3v) is 9.11. The first-order chi connectivity index (χ1) is 21.2. The lowest BCUT2D eigenvalue weighted by Crippen LogP contribution is -2.16. The fourth-order valence-electron chi connectivity index (χ4n) is 6.84. The van der Waals surface area contributed by atoms with Crippen LogP contribution in [-0.4, -0.2) is 23.4 Å². The molecule has 2 atom stereocenters. The molecule has 0 saturated heterocycles. The summed E-state index contributed by atoms with van der Waals surface area (Å²) in [6.07, 6.45) is 0. The first-order valence-corrected chi connectivity index (χ1v) is 14.9. The molecule has 0 aromatic heterocycles. The van der Waals surface area contributed by atoms with Crippen LogP contribution in [0.25, 0.3) is 44.5 Å². The monoisotopic (exact) mass is 558 g/mol. The molecule has 1 aliphatic carbocycles. The van der Waals surface area contributed by atoms with Crippen LogP contribution < -0.4 is 0 Å². The minimum absolute atomic E-state index is 0.0386. The van der Waals surface area contributed by atoms with Crippen LogP contribution in [0.4, 0.5) is 0 Å². The molecule has 7 rings (SSSR count). The minimum atomic E-state index is -0.660. The highest BCUT2D eigenvalue weighted by Gasteiger charge is 2.65. The molecule has 6 aromatic rings. The van der Waals surface area contributed by atoms with Gasteiger partial charge in [0.25, 0.3) is 0 Å². The van der Waals surface area contributed by atoms with Crippen LogP contribution in [0.2, 0.25) is 0 Å². The first-order valence-electron chi connectivity index (χ1n) is 14.9. The van der Waals surface area contributed by atoms with E-state index in [0.29, 0.717) is 0 Å². The molecule has 0 heterocycles. The fourth-order valence-corrected chi connectivity index (χ4v) is 6.84. The van der Waals surface area contributed by atoms with Gasteiger partial charge in [0.15, 0.2) is 0 Å². The molecule has 1 saturated carbocycles. The Bertz CT molecular complexity index is 1580. The van der Waals surface area contributed by atoms with Crippen molar-refractivity contribution in [3.05, 3.63) is 169 Å². The zero-order valence-corrected chi connectivity index (χ0v) is 24.0. The number of hydrogen-bond acceptors (Lipinski definition) is 2. The Balaban J connectivity index is 1.40. The molecular weight excluding hydrogens is 524 g/mol. The highest BCUT2D eigenvalue weighted by molar-refractivity contribution is 5.77. The Morgan fingerprint density at radius 1 is 0.349 bits per heavy atom. The van der Waals surface area contributed by atoms with E-state index in [4.69, 9.17) is 0 Å². The maximum Gasteiger partial charge on any atom is 0.0521 e. The minimum Gasteiger partial charge on any atom is -0.396 e. The summed E-state index contributed by atoms with van der Waals surface area (Å²) in [7, 11) is 0. The van der Waals surface area contributed by atoms with E-state index >= 15 is 0 Å². The Labute approximate surface area is 253 Å². The molecule has 6 aromatic carbocycles. The molecule has 0 amide bonds. The molecule has 210 valence electrons. The molecule has 0 aliphatic heterocycles. The second kappa shape index (κ2) is 11.5. The van der Waals surface area contributed by atoms with E-state index in [1.807, 2.05) is 24.3 Å². The Morgan fingerprint density at radius 3 is 0.837 bits per heavy atom. The van der Waals surface area contributed by atoms with E-state index in [-0.39, 0.29) is 25.0 Å². The smallest absolute Gasteiger partial charge is 0.0521 e. The molecule has 2 unspecified atom stereocenters. The zero-order valence-electron chi connectivity index (χ0n) is 24.0. The van der Waals surface area contributed by atoms with Gasteiger partial charge in [-0.25, -0.2) is 0 Å². The van der Waals surface area contributed by atoms with E-state index in [9.17, 15) is 10.2 Å². The summed E-state index contributed by atoms with van der Waals surface area (Å²) < 4.78 is 0. The van der Waals surface area contributed by atoms with Crippen molar-refractivity contribution >= 4 is 0 Å². The molecule has 0 radical (unpaired) electrons. The quantitative estimate of drug-likeness (QED) is 0.195. The van der Waals surface area contributed by atoms with Crippen molar-refractivity contribution in [2.24, 2.45) is 5.41 Å². The van der Waals surface area contributed by atoms with Crippen LogP contribution in [0.15, 0.2) is 158 Å². The first kappa shape index (κ1) is 27.1. The van der Waals surface area contributed by atoms with Gasteiger partial charge in [0, 0.05) is 17.3 Å². The second-order valence-corrected chi connectivity index (χ2v) is 11.7. The van der Waals surface area contributed by atoms with Gasteiger partial charge in [-0.15, -0.1) is 0 Å². The van der Waals surface area contributed by atoms with E-state index in [1.54, 1.807) is 0 Å². The molecule has 2 N–H and O–H groups in total. The van der Waals surface area contributed by atoms with Gasteiger partial charge in [0.2, 0.25) is 0 Å². The normalized spacial score (nSPS) is 17.0. The highest BCUT2D eigenvalue weighted by atomic mass is 16.3. The Morgan fingerprint density at radius 2 is 0.605 bits per heavy atom. The summed E-state index contributed by atoms with van der Waals surface area (Å²) in [4.78, 5) is 0. The summed E-state index contributed by atoms with van der Waals surface area (Å²) in [5.74, 6) is -0.0773. The summed E-state index contributed by atoms with van der Waals surface area (Å²) in [5.41, 5.74) is 10.7. The van der Waals surface area contributed by atoms with E-state index in [0.717, 1.165) is 55.6 Å². The number of aliphatic hydroxyl groups is 2. The van der Waals surface area contributed by atoms with Gasteiger partial charge < -0.3 is 10.2 Å². The lowest BCUT2D eigenvalue weighted by Gasteiger charge is -2.14. The molecule has 0 spiro atoms. The maximum absolute atomic E-state index is 10.9. The van der Waals surface area contributed by atoms with Crippen LogP contribution in [0.5, 0.6) is 0 Å². The van der Waals surface area contributed by atoms with Crippen molar-refractivity contribution in [2.45, 2.75) is 11.8 Å². The van der Waals surface area contributed by atoms with E-state index in [1.165, 1.54) is 0 Å². The summed E-state index contributed by atoms with van der Waals surface area (Å²) in [6.45, 7) is -0.184. The van der Waals surface area contributed by atoms with Gasteiger partial charge in [-0.3, -0.25) is 0 Å². The molecule has 1 aliphatic rings. The van der Waals surface area contributed by atoms with E-state index in [2.05, 4.69) is 133 Å². The maximum atomic E-state index is 10.9. The van der Waals surface area contributed by atoms with Crippen LogP contribution in [0, 0.1) is 5.41 Å². The SMILES string of the molecule is OCC1(CO)C(c2cc(-c3ccccc3)cc(-c3ccccc3)c2)C1c1cc(-c2ccccc2)cc(-c2ccccc2)c1. The van der Waals surface area contributed by atoms with Crippen molar-refractivity contribution in [3.63, 3.8) is 0 Å². The molecule has 43 heavy (non-hydrogen) atoms. The third kappa shape index (κ3) is 5.10. The number of hydrogen-bond donors (Lipinski definition) is 2. The Hall–Kier alpha value is -4.76. The van der Waals surface area contributed by atoms with E-state index < -0.39 is 5.41 Å². The summed E-state index contributed by atoms with van der Waals surface area (Å²) in [5, 5.41) is 21.8. The van der Waals surface area contributed by atoms with Gasteiger partial charge in [0.1, 0.15) is 0 Å². The lowest BCUT2D eigenvalue weighted by molar-refractivity contribution is 0.125. The zero-order chi connectivity index (χ0) is 29.2. The van der Waals surface area contributed by atoms with Crippen LogP contribution in [0.1, 0.15) is 23.0 Å². The fraction of sp³-hybridized carbons (Fsp3) is 0.122. The average Bonchev–Trinajstić information content (AvgIpc) is 3.79. The molecular formula is C41H34O2. The molecule has 2 nitrogen and oxygen atoms in total. The van der Waals surface area contributed by atoms with Crippen molar-refractivity contribution in [3.8, 4) is 44.5 Å².